The summed E-state index contributed by atoms with van der Waals surface area (Å²) < 4.78 is 7.06. The molecule has 116 valence electrons. The Hall–Kier alpha value is -2.21. The molecule has 0 radical (unpaired) electrons. The molecule has 0 spiro atoms. The number of nitrogens with zero attached hydrogens (tertiary/aromatic N) is 3. The highest BCUT2D eigenvalue weighted by Gasteiger charge is 2.20. The third-order valence-electron chi connectivity index (χ3n) is 3.89. The van der Waals surface area contributed by atoms with Crippen LogP contribution in [0.3, 0.4) is 0 Å². The van der Waals surface area contributed by atoms with Gasteiger partial charge in [-0.15, -0.1) is 0 Å². The molecule has 1 fully saturated rings. The van der Waals surface area contributed by atoms with Crippen LogP contribution in [0.5, 0.6) is 0 Å². The summed E-state index contributed by atoms with van der Waals surface area (Å²) in [6.45, 7) is 4.18. The second-order valence-corrected chi connectivity index (χ2v) is 5.40. The van der Waals surface area contributed by atoms with Crippen LogP contribution < -0.4 is 5.32 Å². The summed E-state index contributed by atoms with van der Waals surface area (Å²) in [6.07, 6.45) is 5.06. The smallest absolute Gasteiger partial charge is 0.254 e. The fraction of sp³-hybridized carbons (Fsp3) is 0.438. The number of rotatable bonds is 5. The van der Waals surface area contributed by atoms with Crippen LogP contribution >= 0.6 is 0 Å². The van der Waals surface area contributed by atoms with E-state index < -0.39 is 0 Å². The lowest BCUT2D eigenvalue weighted by atomic mass is 10.1. The van der Waals surface area contributed by atoms with Crippen molar-refractivity contribution in [3.63, 3.8) is 0 Å². The highest BCUT2D eigenvalue weighted by atomic mass is 16.5. The molecule has 6 heteroatoms. The van der Waals surface area contributed by atoms with Gasteiger partial charge in [0.25, 0.3) is 5.91 Å². The number of carbonyl (C=O) groups excluding carboxylic acids is 1. The first-order valence-corrected chi connectivity index (χ1v) is 7.64. The van der Waals surface area contributed by atoms with E-state index in [4.69, 9.17) is 4.74 Å². The van der Waals surface area contributed by atoms with Crippen LogP contribution in [0.1, 0.15) is 29.4 Å². The molecule has 0 aliphatic carbocycles. The van der Waals surface area contributed by atoms with Crippen molar-refractivity contribution in [2.24, 2.45) is 5.92 Å². The van der Waals surface area contributed by atoms with Crippen molar-refractivity contribution in [2.75, 3.05) is 19.8 Å². The van der Waals surface area contributed by atoms with Crippen molar-refractivity contribution >= 4 is 5.91 Å². The lowest BCUT2D eigenvalue weighted by molar-refractivity contribution is 0.0944. The van der Waals surface area contributed by atoms with Gasteiger partial charge in [-0.1, -0.05) is 13.0 Å². The lowest BCUT2D eigenvalue weighted by Gasteiger charge is -2.10. The van der Waals surface area contributed by atoms with E-state index in [9.17, 15) is 4.79 Å². The first-order valence-electron chi connectivity index (χ1n) is 7.64. The van der Waals surface area contributed by atoms with E-state index >= 15 is 0 Å². The van der Waals surface area contributed by atoms with Crippen molar-refractivity contribution in [3.05, 3.63) is 41.9 Å². The molecular formula is C16H20N4O2. The summed E-state index contributed by atoms with van der Waals surface area (Å²) >= 11 is 0. The molecule has 1 saturated heterocycles. The number of pyridine rings is 1. The van der Waals surface area contributed by atoms with Gasteiger partial charge in [-0.05, 0) is 25.0 Å². The third-order valence-corrected chi connectivity index (χ3v) is 3.89. The summed E-state index contributed by atoms with van der Waals surface area (Å²) in [7, 11) is 0. The van der Waals surface area contributed by atoms with E-state index in [1.54, 1.807) is 17.1 Å². The Morgan fingerprint density at radius 1 is 1.50 bits per heavy atom. The maximum atomic E-state index is 12.4. The normalized spacial score (nSPS) is 17.6. The molecule has 0 aromatic carbocycles. The molecule has 22 heavy (non-hydrogen) atoms. The van der Waals surface area contributed by atoms with Crippen LogP contribution in [0.15, 0.2) is 30.6 Å². The van der Waals surface area contributed by atoms with Crippen LogP contribution in [-0.4, -0.2) is 40.4 Å². The highest BCUT2D eigenvalue weighted by molar-refractivity contribution is 5.95. The zero-order chi connectivity index (χ0) is 15.4. The van der Waals surface area contributed by atoms with Gasteiger partial charge in [-0.3, -0.25) is 4.79 Å². The molecule has 1 atom stereocenters. The zero-order valence-electron chi connectivity index (χ0n) is 12.7. The molecule has 0 saturated carbocycles. The molecule has 2 aromatic heterocycles. The molecule has 2 aromatic rings. The molecular weight excluding hydrogens is 280 g/mol. The predicted octanol–water partition coefficient (Wildman–Crippen LogP) is 1.60. The van der Waals surface area contributed by atoms with Gasteiger partial charge in [-0.25, -0.2) is 9.67 Å². The zero-order valence-corrected chi connectivity index (χ0v) is 12.7. The van der Waals surface area contributed by atoms with E-state index in [0.717, 1.165) is 31.1 Å². The van der Waals surface area contributed by atoms with Crippen molar-refractivity contribution in [2.45, 2.75) is 19.8 Å². The maximum Gasteiger partial charge on any atom is 0.254 e. The molecule has 1 N–H and O–H groups in total. The molecule has 1 amide bonds. The van der Waals surface area contributed by atoms with Gasteiger partial charge in [-0.2, -0.15) is 5.10 Å². The third kappa shape index (κ3) is 3.01. The number of carbonyl (C=O) groups is 1. The minimum atomic E-state index is -0.0778. The van der Waals surface area contributed by atoms with Gasteiger partial charge in [0.1, 0.15) is 0 Å². The van der Waals surface area contributed by atoms with E-state index in [1.807, 2.05) is 25.1 Å². The van der Waals surface area contributed by atoms with Crippen molar-refractivity contribution in [3.8, 4) is 5.82 Å². The molecule has 3 heterocycles. The number of ether oxygens (including phenoxy) is 1. The van der Waals surface area contributed by atoms with Crippen LogP contribution in [0.25, 0.3) is 5.82 Å². The molecule has 0 bridgehead atoms. The standard InChI is InChI=1S/C16H20N4O2/c1-2-14-13(16(21)18-9-12-6-8-22-11-12)10-19-20(14)15-5-3-4-7-17-15/h3-5,7,10,12H,2,6,8-9,11H2,1H3,(H,18,21)/t12-/m0/s1. The Bertz CT molecular complexity index is 633. The highest BCUT2D eigenvalue weighted by Crippen LogP contribution is 2.15. The minimum absolute atomic E-state index is 0.0778. The predicted molar refractivity (Wildman–Crippen MR) is 82.0 cm³/mol. The number of hydrogen-bond acceptors (Lipinski definition) is 4. The van der Waals surface area contributed by atoms with E-state index in [2.05, 4.69) is 15.4 Å². The Labute approximate surface area is 129 Å². The topological polar surface area (TPSA) is 69.0 Å². The van der Waals surface area contributed by atoms with Crippen molar-refractivity contribution in [1.29, 1.82) is 0 Å². The summed E-state index contributed by atoms with van der Waals surface area (Å²) in [6, 6.07) is 5.64. The summed E-state index contributed by atoms with van der Waals surface area (Å²) in [4.78, 5) is 16.7. The molecule has 0 unspecified atom stereocenters. The second kappa shape index (κ2) is 6.70. The number of hydrogen-bond donors (Lipinski definition) is 1. The van der Waals surface area contributed by atoms with Crippen molar-refractivity contribution < 1.29 is 9.53 Å². The van der Waals surface area contributed by atoms with Crippen molar-refractivity contribution in [1.82, 2.24) is 20.1 Å². The molecule has 3 rings (SSSR count). The maximum absolute atomic E-state index is 12.4. The summed E-state index contributed by atoms with van der Waals surface area (Å²) in [5.74, 6) is 1.06. The van der Waals surface area contributed by atoms with Gasteiger partial charge >= 0.3 is 0 Å². The quantitative estimate of drug-likeness (QED) is 0.910. The fourth-order valence-electron chi connectivity index (χ4n) is 2.66. The largest absolute Gasteiger partial charge is 0.381 e. The fourth-order valence-corrected chi connectivity index (χ4v) is 2.66. The Kier molecular flexibility index (Phi) is 4.48. The van der Waals surface area contributed by atoms with Gasteiger partial charge in [0.2, 0.25) is 0 Å². The van der Waals surface area contributed by atoms with Gasteiger partial charge in [0.05, 0.1) is 24.1 Å². The minimum Gasteiger partial charge on any atom is -0.381 e. The van der Waals surface area contributed by atoms with E-state index in [0.29, 0.717) is 24.4 Å². The SMILES string of the molecule is CCc1c(C(=O)NC[C@@H]2CCOC2)cnn1-c1ccccn1. The monoisotopic (exact) mass is 300 g/mol. The summed E-state index contributed by atoms with van der Waals surface area (Å²) in [5, 5.41) is 7.31. The number of nitrogens with one attached hydrogen (secondary N) is 1. The second-order valence-electron chi connectivity index (χ2n) is 5.40. The van der Waals surface area contributed by atoms with Crippen LogP contribution in [0, 0.1) is 5.92 Å². The number of amides is 1. The molecule has 1 aliphatic rings. The summed E-state index contributed by atoms with van der Waals surface area (Å²) in [5.41, 5.74) is 1.49. The van der Waals surface area contributed by atoms with Crippen LogP contribution in [-0.2, 0) is 11.2 Å². The average Bonchev–Trinajstić information content (AvgIpc) is 3.22. The van der Waals surface area contributed by atoms with E-state index in [-0.39, 0.29) is 5.91 Å². The molecule has 6 nitrogen and oxygen atoms in total. The van der Waals surface area contributed by atoms with Gasteiger partial charge in [0.15, 0.2) is 5.82 Å². The Morgan fingerprint density at radius 3 is 3.09 bits per heavy atom. The lowest BCUT2D eigenvalue weighted by Crippen LogP contribution is -2.30. The van der Waals surface area contributed by atoms with Crippen LogP contribution in [0.4, 0.5) is 0 Å². The van der Waals surface area contributed by atoms with Gasteiger partial charge in [0, 0.05) is 25.3 Å². The molecule has 1 aliphatic heterocycles. The van der Waals surface area contributed by atoms with Gasteiger partial charge < -0.3 is 10.1 Å². The first kappa shape index (κ1) is 14.7. The Morgan fingerprint density at radius 2 is 2.41 bits per heavy atom. The van der Waals surface area contributed by atoms with E-state index in [1.165, 1.54) is 0 Å². The first-order chi connectivity index (χ1) is 10.8. The number of aromatic nitrogens is 3. The van der Waals surface area contributed by atoms with Crippen LogP contribution in [0.2, 0.25) is 0 Å². The Balaban J connectivity index is 1.76. The average molecular weight is 300 g/mol.